The van der Waals surface area contributed by atoms with Gasteiger partial charge < -0.3 is 14.4 Å². The Hall–Kier alpha value is -4.00. The molecule has 0 fully saturated rings. The largest absolute Gasteiger partial charge is 0.478 e. The van der Waals surface area contributed by atoms with Gasteiger partial charge >= 0.3 is 12.1 Å². The van der Waals surface area contributed by atoms with Crippen LogP contribution in [0.15, 0.2) is 91.0 Å². The molecule has 3 aromatic carbocycles. The second-order valence-corrected chi connectivity index (χ2v) is 9.30. The Morgan fingerprint density at radius 1 is 0.842 bits per heavy atom. The number of carboxylic acid groups (broad SMARTS) is 1. The van der Waals surface area contributed by atoms with E-state index in [1.54, 1.807) is 24.3 Å². The average Bonchev–Trinajstić information content (AvgIpc) is 3.25. The van der Waals surface area contributed by atoms with Crippen molar-refractivity contribution >= 4 is 5.97 Å². The first-order valence-corrected chi connectivity index (χ1v) is 12.5. The lowest BCUT2D eigenvalue weighted by Gasteiger charge is -2.16. The molecule has 1 heterocycles. The molecule has 4 aromatic rings. The number of aryl methyl sites for hydroxylation is 4. The third kappa shape index (κ3) is 7.06. The van der Waals surface area contributed by atoms with Crippen molar-refractivity contribution in [1.82, 2.24) is 4.57 Å². The zero-order valence-corrected chi connectivity index (χ0v) is 21.1. The summed E-state index contributed by atoms with van der Waals surface area (Å²) in [4.78, 5) is 11.7. The highest BCUT2D eigenvalue weighted by molar-refractivity contribution is 5.73. The highest BCUT2D eigenvalue weighted by Crippen LogP contribution is 2.32. The van der Waals surface area contributed by atoms with Crippen molar-refractivity contribution in [3.8, 4) is 5.75 Å². The van der Waals surface area contributed by atoms with Gasteiger partial charge in [0.15, 0.2) is 6.10 Å². The molecule has 0 saturated heterocycles. The van der Waals surface area contributed by atoms with Gasteiger partial charge in [-0.1, -0.05) is 60.7 Å². The maximum Gasteiger partial charge on any atom is 0.416 e. The van der Waals surface area contributed by atoms with Crippen LogP contribution in [0.2, 0.25) is 0 Å². The predicted molar refractivity (Wildman–Crippen MR) is 140 cm³/mol. The van der Waals surface area contributed by atoms with Crippen LogP contribution in [0.25, 0.3) is 0 Å². The third-order valence-corrected chi connectivity index (χ3v) is 6.63. The molecule has 1 atom stereocenters. The molecule has 4 nitrogen and oxygen atoms in total. The van der Waals surface area contributed by atoms with E-state index < -0.39 is 23.8 Å². The number of ether oxygens (including phenoxy) is 1. The van der Waals surface area contributed by atoms with Gasteiger partial charge in [-0.3, -0.25) is 0 Å². The van der Waals surface area contributed by atoms with Crippen LogP contribution >= 0.6 is 0 Å². The van der Waals surface area contributed by atoms with Crippen molar-refractivity contribution < 1.29 is 27.8 Å². The van der Waals surface area contributed by atoms with Crippen molar-refractivity contribution in [2.75, 3.05) is 0 Å². The smallest absolute Gasteiger partial charge is 0.416 e. The van der Waals surface area contributed by atoms with E-state index in [2.05, 4.69) is 4.57 Å². The van der Waals surface area contributed by atoms with E-state index in [4.69, 9.17) is 4.74 Å². The first kappa shape index (κ1) is 27.0. The van der Waals surface area contributed by atoms with Crippen molar-refractivity contribution in [3.05, 3.63) is 125 Å². The van der Waals surface area contributed by atoms with E-state index in [1.165, 1.54) is 6.07 Å². The van der Waals surface area contributed by atoms with Gasteiger partial charge in [0.2, 0.25) is 0 Å². The van der Waals surface area contributed by atoms with Crippen LogP contribution < -0.4 is 4.74 Å². The second-order valence-electron chi connectivity index (χ2n) is 9.30. The first-order chi connectivity index (χ1) is 18.2. The molecule has 0 radical (unpaired) electrons. The van der Waals surface area contributed by atoms with Crippen LogP contribution in [-0.4, -0.2) is 21.7 Å². The monoisotopic (exact) mass is 521 g/mol. The molecule has 0 bridgehead atoms. The van der Waals surface area contributed by atoms with Gasteiger partial charge in [-0.2, -0.15) is 13.2 Å². The minimum absolute atomic E-state index is 0.265. The van der Waals surface area contributed by atoms with E-state index in [1.807, 2.05) is 61.5 Å². The first-order valence-electron chi connectivity index (χ1n) is 12.5. The van der Waals surface area contributed by atoms with Crippen molar-refractivity contribution in [3.63, 3.8) is 0 Å². The van der Waals surface area contributed by atoms with Crippen LogP contribution in [0.3, 0.4) is 0 Å². The molecule has 0 spiro atoms. The summed E-state index contributed by atoms with van der Waals surface area (Å²) in [6.07, 6.45) is -3.56. The lowest BCUT2D eigenvalue weighted by molar-refractivity contribution is -0.145. The Balaban J connectivity index is 1.37. The molecule has 0 aliphatic rings. The average molecular weight is 522 g/mol. The SMILES string of the molecule is Cc1ccc(CCc2ccccc2C(F)(F)F)n1CCc1ccc(O[C@H](Cc2ccccc2)C(=O)O)cc1. The fourth-order valence-electron chi connectivity index (χ4n) is 4.59. The molecule has 0 unspecified atom stereocenters. The molecule has 0 saturated carbocycles. The van der Waals surface area contributed by atoms with Gasteiger partial charge in [0.25, 0.3) is 0 Å². The molecular formula is C31H30F3NO3. The van der Waals surface area contributed by atoms with Gasteiger partial charge in [0, 0.05) is 24.4 Å². The Bertz CT molecular complexity index is 1350. The van der Waals surface area contributed by atoms with Crippen LogP contribution in [-0.2, 0) is 43.2 Å². The zero-order chi connectivity index (χ0) is 27.1. The van der Waals surface area contributed by atoms with E-state index in [-0.39, 0.29) is 6.42 Å². The Labute approximate surface area is 220 Å². The highest BCUT2D eigenvalue weighted by Gasteiger charge is 2.32. The third-order valence-electron chi connectivity index (χ3n) is 6.63. The number of carboxylic acids is 1. The van der Waals surface area contributed by atoms with Crippen molar-refractivity contribution in [2.45, 2.75) is 51.4 Å². The van der Waals surface area contributed by atoms with Gasteiger partial charge in [-0.15, -0.1) is 0 Å². The standard InChI is InChI=1S/C31H30F3NO3/c1-22-11-15-26(16-14-25-9-5-6-10-28(25)31(32,33)34)35(22)20-19-23-12-17-27(18-13-23)38-29(30(36)37)21-24-7-3-2-4-8-24/h2-13,15,17-18,29H,14,16,19-21H2,1H3,(H,36,37)/t29-/m1/s1. The summed E-state index contributed by atoms with van der Waals surface area (Å²) in [7, 11) is 0. The molecular weight excluding hydrogens is 491 g/mol. The van der Waals surface area contributed by atoms with E-state index in [0.29, 0.717) is 37.1 Å². The normalized spacial score (nSPS) is 12.3. The summed E-state index contributed by atoms with van der Waals surface area (Å²) < 4.78 is 48.0. The maximum atomic E-state index is 13.4. The van der Waals surface area contributed by atoms with Gasteiger partial charge in [0.05, 0.1) is 5.56 Å². The number of hydrogen-bond acceptors (Lipinski definition) is 2. The Morgan fingerprint density at radius 3 is 2.21 bits per heavy atom. The molecule has 38 heavy (non-hydrogen) atoms. The fraction of sp³-hybridized carbons (Fsp3) is 0.258. The number of carbonyl (C=O) groups is 1. The topological polar surface area (TPSA) is 51.5 Å². The molecule has 1 N–H and O–H groups in total. The number of aliphatic carboxylic acids is 1. The summed E-state index contributed by atoms with van der Waals surface area (Å²) in [5.74, 6) is -0.537. The quantitative estimate of drug-likeness (QED) is 0.233. The highest BCUT2D eigenvalue weighted by atomic mass is 19.4. The van der Waals surface area contributed by atoms with Crippen LogP contribution in [0, 0.1) is 6.92 Å². The molecule has 1 aromatic heterocycles. The van der Waals surface area contributed by atoms with E-state index >= 15 is 0 Å². The number of aromatic nitrogens is 1. The lowest BCUT2D eigenvalue weighted by Crippen LogP contribution is -2.29. The molecule has 0 aliphatic heterocycles. The number of alkyl halides is 3. The second kappa shape index (κ2) is 12.0. The molecule has 7 heteroatoms. The minimum atomic E-state index is -4.36. The molecule has 4 rings (SSSR count). The zero-order valence-electron chi connectivity index (χ0n) is 21.1. The number of benzene rings is 3. The summed E-state index contributed by atoms with van der Waals surface area (Å²) in [6, 6.07) is 26.4. The van der Waals surface area contributed by atoms with Crippen LogP contribution in [0.1, 0.15) is 33.6 Å². The Kier molecular flexibility index (Phi) is 8.56. The van der Waals surface area contributed by atoms with Crippen molar-refractivity contribution in [2.24, 2.45) is 0 Å². The summed E-state index contributed by atoms with van der Waals surface area (Å²) >= 11 is 0. The fourth-order valence-corrected chi connectivity index (χ4v) is 4.59. The van der Waals surface area contributed by atoms with E-state index in [0.717, 1.165) is 28.6 Å². The molecule has 0 aliphatic carbocycles. The van der Waals surface area contributed by atoms with Crippen LogP contribution in [0.5, 0.6) is 5.75 Å². The Morgan fingerprint density at radius 2 is 1.53 bits per heavy atom. The van der Waals surface area contributed by atoms with Gasteiger partial charge in [0.1, 0.15) is 5.75 Å². The number of rotatable bonds is 11. The van der Waals surface area contributed by atoms with E-state index in [9.17, 15) is 23.1 Å². The van der Waals surface area contributed by atoms with Crippen molar-refractivity contribution in [1.29, 1.82) is 0 Å². The summed E-state index contributed by atoms with van der Waals surface area (Å²) in [5, 5.41) is 9.58. The number of halogens is 3. The molecule has 0 amide bonds. The number of hydrogen-bond donors (Lipinski definition) is 1. The maximum absolute atomic E-state index is 13.4. The van der Waals surface area contributed by atoms with Gasteiger partial charge in [-0.05, 0) is 73.2 Å². The summed E-state index contributed by atoms with van der Waals surface area (Å²) in [5.41, 5.74) is 3.70. The molecule has 198 valence electrons. The van der Waals surface area contributed by atoms with Gasteiger partial charge in [-0.25, -0.2) is 4.79 Å². The lowest BCUT2D eigenvalue weighted by atomic mass is 10.0. The van der Waals surface area contributed by atoms with Crippen LogP contribution in [0.4, 0.5) is 13.2 Å². The number of nitrogens with zero attached hydrogens (tertiary/aromatic N) is 1. The minimum Gasteiger partial charge on any atom is -0.478 e. The summed E-state index contributed by atoms with van der Waals surface area (Å²) in [6.45, 7) is 2.67. The predicted octanol–water partition coefficient (Wildman–Crippen LogP) is 6.92.